The molecule has 3 rings (SSSR count). The second-order valence-electron chi connectivity index (χ2n) is 4.12. The van der Waals surface area contributed by atoms with Gasteiger partial charge in [0.25, 0.3) is 5.91 Å². The number of carbonyl (C=O) groups is 1. The molecule has 0 fully saturated rings. The Balaban J connectivity index is 1.90. The van der Waals surface area contributed by atoms with Gasteiger partial charge >= 0.3 is 0 Å². The smallest absolute Gasteiger partial charge is 0.251 e. The molecule has 0 aliphatic carbocycles. The summed E-state index contributed by atoms with van der Waals surface area (Å²) in [6.07, 6.45) is 3.73. The van der Waals surface area contributed by atoms with E-state index in [2.05, 4.69) is 10.1 Å². The maximum absolute atomic E-state index is 12.0. The van der Waals surface area contributed by atoms with Gasteiger partial charge in [0, 0.05) is 29.4 Å². The summed E-state index contributed by atoms with van der Waals surface area (Å²) < 4.78 is 1.27. The van der Waals surface area contributed by atoms with E-state index in [1.54, 1.807) is 12.3 Å². The Kier molecular flexibility index (Phi) is 2.37. The molecule has 3 aromatic rings. The first kappa shape index (κ1) is 10.6. The van der Waals surface area contributed by atoms with Gasteiger partial charge in [-0.05, 0) is 11.6 Å². The van der Waals surface area contributed by atoms with Crippen LogP contribution in [0.1, 0.15) is 10.4 Å². The van der Waals surface area contributed by atoms with Gasteiger partial charge in [-0.3, -0.25) is 4.79 Å². The summed E-state index contributed by atoms with van der Waals surface area (Å²) in [4.78, 5) is 15.1. The summed E-state index contributed by atoms with van der Waals surface area (Å²) in [5, 5.41) is 4.97. The van der Waals surface area contributed by atoms with Crippen molar-refractivity contribution in [3.8, 4) is 0 Å². The topological polar surface area (TPSA) is 76.7 Å². The molecule has 0 aliphatic rings. The number of nitrogens with two attached hydrogens (primary N) is 1. The van der Waals surface area contributed by atoms with Gasteiger partial charge < -0.3 is 10.7 Å². The Morgan fingerprint density at radius 1 is 1.33 bits per heavy atom. The first-order valence-corrected chi connectivity index (χ1v) is 5.63. The fraction of sp³-hybridized carbons (Fsp3) is 0.0769. The predicted octanol–water partition coefficient (Wildman–Crippen LogP) is 1.83. The largest absolute Gasteiger partial charge is 0.382 e. The average molecular weight is 240 g/mol. The van der Waals surface area contributed by atoms with Gasteiger partial charge in [0.1, 0.15) is 5.82 Å². The van der Waals surface area contributed by atoms with Crippen LogP contribution in [0, 0.1) is 0 Å². The highest BCUT2D eigenvalue weighted by Crippen LogP contribution is 2.18. The molecule has 0 amide bonds. The van der Waals surface area contributed by atoms with E-state index in [-0.39, 0.29) is 5.91 Å². The lowest BCUT2D eigenvalue weighted by molar-refractivity contribution is 0.0899. The van der Waals surface area contributed by atoms with Gasteiger partial charge in [0.15, 0.2) is 0 Å². The van der Waals surface area contributed by atoms with Crippen molar-refractivity contribution in [3.05, 3.63) is 48.3 Å². The van der Waals surface area contributed by atoms with Crippen molar-refractivity contribution < 1.29 is 4.79 Å². The van der Waals surface area contributed by atoms with Crippen molar-refractivity contribution in [1.29, 1.82) is 0 Å². The van der Waals surface area contributed by atoms with Crippen LogP contribution in [0.3, 0.4) is 0 Å². The van der Waals surface area contributed by atoms with Crippen molar-refractivity contribution >= 4 is 22.6 Å². The van der Waals surface area contributed by atoms with E-state index >= 15 is 0 Å². The van der Waals surface area contributed by atoms with Gasteiger partial charge in [-0.15, -0.1) is 5.10 Å². The fourth-order valence-corrected chi connectivity index (χ4v) is 2.00. The molecular weight excluding hydrogens is 228 g/mol. The van der Waals surface area contributed by atoms with Crippen molar-refractivity contribution in [3.63, 3.8) is 0 Å². The highest BCUT2D eigenvalue weighted by Gasteiger charge is 2.10. The summed E-state index contributed by atoms with van der Waals surface area (Å²) in [7, 11) is 0. The van der Waals surface area contributed by atoms with Gasteiger partial charge in [0.05, 0.1) is 6.42 Å². The molecule has 0 spiro atoms. The zero-order valence-electron chi connectivity index (χ0n) is 9.63. The normalized spacial score (nSPS) is 10.9. The zero-order valence-corrected chi connectivity index (χ0v) is 9.63. The molecule has 1 aromatic carbocycles. The van der Waals surface area contributed by atoms with Crippen LogP contribution in [0.4, 0.5) is 5.82 Å². The molecule has 5 heteroatoms. The molecule has 0 saturated heterocycles. The maximum atomic E-state index is 12.0. The summed E-state index contributed by atoms with van der Waals surface area (Å²) in [6.45, 7) is 0. The molecule has 0 saturated carbocycles. The van der Waals surface area contributed by atoms with E-state index in [1.165, 1.54) is 4.68 Å². The molecule has 5 nitrogen and oxygen atoms in total. The highest BCUT2D eigenvalue weighted by atomic mass is 16.2. The number of anilines is 1. The lowest BCUT2D eigenvalue weighted by atomic mass is 10.1. The van der Waals surface area contributed by atoms with Crippen molar-refractivity contribution in [2.24, 2.45) is 0 Å². The van der Waals surface area contributed by atoms with E-state index in [9.17, 15) is 4.79 Å². The Morgan fingerprint density at radius 2 is 2.17 bits per heavy atom. The van der Waals surface area contributed by atoms with Crippen LogP contribution >= 0.6 is 0 Å². The summed E-state index contributed by atoms with van der Waals surface area (Å²) in [5.41, 5.74) is 7.48. The number of rotatable bonds is 2. The molecular formula is C13H12N4O. The number of para-hydroxylation sites is 1. The van der Waals surface area contributed by atoms with E-state index in [4.69, 9.17) is 5.73 Å². The van der Waals surface area contributed by atoms with Crippen LogP contribution in [0.25, 0.3) is 10.9 Å². The van der Waals surface area contributed by atoms with Crippen molar-refractivity contribution in [2.75, 3.05) is 5.73 Å². The number of nitrogens with zero attached hydrogens (tertiary/aromatic N) is 2. The van der Waals surface area contributed by atoms with Crippen LogP contribution in [0.5, 0.6) is 0 Å². The molecule has 0 atom stereocenters. The maximum Gasteiger partial charge on any atom is 0.251 e. The molecule has 3 N–H and O–H groups in total. The fourth-order valence-electron chi connectivity index (χ4n) is 2.00. The van der Waals surface area contributed by atoms with Crippen LogP contribution in [-0.2, 0) is 6.42 Å². The summed E-state index contributed by atoms with van der Waals surface area (Å²) >= 11 is 0. The van der Waals surface area contributed by atoms with Crippen molar-refractivity contribution in [1.82, 2.24) is 14.8 Å². The van der Waals surface area contributed by atoms with Crippen molar-refractivity contribution in [2.45, 2.75) is 6.42 Å². The predicted molar refractivity (Wildman–Crippen MR) is 69.3 cm³/mol. The van der Waals surface area contributed by atoms with E-state index in [1.807, 2.05) is 30.5 Å². The number of aromatic nitrogens is 3. The van der Waals surface area contributed by atoms with Crippen LogP contribution in [0.15, 0.2) is 42.7 Å². The highest BCUT2D eigenvalue weighted by molar-refractivity contribution is 5.89. The van der Waals surface area contributed by atoms with Gasteiger partial charge in [-0.1, -0.05) is 18.2 Å². The van der Waals surface area contributed by atoms with Crippen LogP contribution < -0.4 is 5.73 Å². The molecule has 0 bridgehead atoms. The number of nitrogen functional groups attached to an aromatic ring is 1. The number of fused-ring (bicyclic) bond motifs is 1. The number of nitrogens with one attached hydrogen (secondary N) is 1. The quantitative estimate of drug-likeness (QED) is 0.717. The minimum atomic E-state index is -0.101. The Hall–Kier alpha value is -2.56. The number of benzene rings is 1. The van der Waals surface area contributed by atoms with Gasteiger partial charge in [-0.25, -0.2) is 4.68 Å². The third-order valence-electron chi connectivity index (χ3n) is 2.88. The van der Waals surface area contributed by atoms with Crippen LogP contribution in [0.2, 0.25) is 0 Å². The number of aromatic amines is 1. The lowest BCUT2D eigenvalue weighted by Crippen LogP contribution is -2.14. The number of hydrogen-bond acceptors (Lipinski definition) is 3. The van der Waals surface area contributed by atoms with Gasteiger partial charge in [0.2, 0.25) is 0 Å². The Labute approximate surface area is 103 Å². The summed E-state index contributed by atoms with van der Waals surface area (Å²) in [6, 6.07) is 9.49. The molecule has 2 aromatic heterocycles. The standard InChI is InChI=1S/C13H12N4O/c14-12-5-6-17(16-12)13(18)7-9-8-15-11-4-2-1-3-10(9)11/h1-6,8,15H,7H2,(H2,14,16). The van der Waals surface area contributed by atoms with Crippen LogP contribution in [-0.4, -0.2) is 20.7 Å². The average Bonchev–Trinajstić information content (AvgIpc) is 2.97. The molecule has 0 radical (unpaired) electrons. The Bertz CT molecular complexity index is 710. The second-order valence-corrected chi connectivity index (χ2v) is 4.12. The zero-order chi connectivity index (χ0) is 12.5. The lowest BCUT2D eigenvalue weighted by Gasteiger charge is -1.99. The molecule has 18 heavy (non-hydrogen) atoms. The first-order chi connectivity index (χ1) is 8.74. The summed E-state index contributed by atoms with van der Waals surface area (Å²) in [5.74, 6) is 0.249. The monoisotopic (exact) mass is 240 g/mol. The molecule has 0 aliphatic heterocycles. The Morgan fingerprint density at radius 3 is 2.94 bits per heavy atom. The number of H-pyrrole nitrogens is 1. The molecule has 2 heterocycles. The molecule has 0 unspecified atom stereocenters. The van der Waals surface area contributed by atoms with Gasteiger partial charge in [-0.2, -0.15) is 0 Å². The third-order valence-corrected chi connectivity index (χ3v) is 2.88. The minimum Gasteiger partial charge on any atom is -0.382 e. The number of carbonyl (C=O) groups excluding carboxylic acids is 1. The van der Waals surface area contributed by atoms with E-state index in [0.717, 1.165) is 16.5 Å². The molecule has 90 valence electrons. The minimum absolute atomic E-state index is 0.101. The number of hydrogen-bond donors (Lipinski definition) is 2. The third kappa shape index (κ3) is 1.75. The SMILES string of the molecule is Nc1ccn(C(=O)Cc2c[nH]c3ccccc23)n1. The van der Waals surface area contributed by atoms with E-state index in [0.29, 0.717) is 12.2 Å². The first-order valence-electron chi connectivity index (χ1n) is 5.63. The second kappa shape index (κ2) is 4.03. The van der Waals surface area contributed by atoms with E-state index < -0.39 is 0 Å².